The maximum absolute atomic E-state index is 12.1. The third kappa shape index (κ3) is 4.23. The molecule has 2 saturated heterocycles. The molecule has 4 rings (SSSR count). The summed E-state index contributed by atoms with van der Waals surface area (Å²) in [6.45, 7) is 5.95. The quantitative estimate of drug-likeness (QED) is 0.777. The lowest BCUT2D eigenvalue weighted by Crippen LogP contribution is -2.44. The number of anilines is 1. The molecule has 2 aromatic rings. The molecule has 2 aromatic heterocycles. The predicted molar refractivity (Wildman–Crippen MR) is 116 cm³/mol. The van der Waals surface area contributed by atoms with Crippen LogP contribution in [0.3, 0.4) is 0 Å². The maximum Gasteiger partial charge on any atom is 0.269 e. The number of aryl methyl sites for hydroxylation is 1. The minimum absolute atomic E-state index is 0.00491. The van der Waals surface area contributed by atoms with Gasteiger partial charge in [0.1, 0.15) is 11.5 Å². The summed E-state index contributed by atoms with van der Waals surface area (Å²) < 4.78 is 0. The average molecular weight is 411 g/mol. The summed E-state index contributed by atoms with van der Waals surface area (Å²) in [6.07, 6.45) is 7.48. The summed E-state index contributed by atoms with van der Waals surface area (Å²) in [6, 6.07) is 4.32. The van der Waals surface area contributed by atoms with Crippen molar-refractivity contribution in [3.05, 3.63) is 52.0 Å². The molecule has 160 valence electrons. The third-order valence-corrected chi connectivity index (χ3v) is 6.43. The van der Waals surface area contributed by atoms with E-state index in [0.717, 1.165) is 62.5 Å². The van der Waals surface area contributed by atoms with Crippen molar-refractivity contribution in [1.82, 2.24) is 25.2 Å². The SMILES string of the molecule is CCc1cnc(C2CCN(C3CCN(c4ccc(C(=O)NC)nc4)CC3)C2)[nH]c1=O. The minimum atomic E-state index is -0.163. The van der Waals surface area contributed by atoms with Crippen LogP contribution in [-0.4, -0.2) is 65.0 Å². The molecule has 0 saturated carbocycles. The number of piperidine rings is 1. The lowest BCUT2D eigenvalue weighted by molar-refractivity contribution is 0.0958. The molecule has 1 atom stereocenters. The minimum Gasteiger partial charge on any atom is -0.370 e. The molecule has 8 nitrogen and oxygen atoms in total. The number of hydrogen-bond acceptors (Lipinski definition) is 6. The van der Waals surface area contributed by atoms with Gasteiger partial charge in [0.25, 0.3) is 11.5 Å². The van der Waals surface area contributed by atoms with E-state index in [1.54, 1.807) is 25.5 Å². The fourth-order valence-electron chi connectivity index (χ4n) is 4.56. The Bertz CT molecular complexity index is 933. The number of pyridine rings is 1. The van der Waals surface area contributed by atoms with Gasteiger partial charge in [0.2, 0.25) is 0 Å². The van der Waals surface area contributed by atoms with Gasteiger partial charge in [-0.05, 0) is 44.4 Å². The number of likely N-dealkylation sites (tertiary alicyclic amines) is 1. The standard InChI is InChI=1S/C22H30N6O2/c1-3-15-12-25-20(26-21(15)29)16-6-9-28(14-16)17-7-10-27(11-8-17)18-4-5-19(24-13-18)22(30)23-2/h4-5,12-13,16-17H,3,6-11,14H2,1-2H3,(H,23,30)(H,25,26,29). The van der Waals surface area contributed by atoms with Crippen molar-refractivity contribution in [2.75, 3.05) is 38.1 Å². The second-order valence-corrected chi connectivity index (χ2v) is 8.16. The molecule has 2 aliphatic rings. The highest BCUT2D eigenvalue weighted by Gasteiger charge is 2.32. The first-order valence-corrected chi connectivity index (χ1v) is 10.8. The number of aromatic amines is 1. The van der Waals surface area contributed by atoms with Crippen molar-refractivity contribution in [2.45, 2.75) is 44.6 Å². The van der Waals surface area contributed by atoms with Crippen LogP contribution < -0.4 is 15.8 Å². The van der Waals surface area contributed by atoms with E-state index in [9.17, 15) is 9.59 Å². The van der Waals surface area contributed by atoms with E-state index in [4.69, 9.17) is 0 Å². The Kier molecular flexibility index (Phi) is 6.13. The number of amides is 1. The fourth-order valence-corrected chi connectivity index (χ4v) is 4.56. The highest BCUT2D eigenvalue weighted by molar-refractivity contribution is 5.92. The van der Waals surface area contributed by atoms with Gasteiger partial charge < -0.3 is 15.2 Å². The molecule has 4 heterocycles. The number of H-pyrrole nitrogens is 1. The Balaban J connectivity index is 1.32. The van der Waals surface area contributed by atoms with Crippen molar-refractivity contribution in [2.24, 2.45) is 0 Å². The molecule has 0 radical (unpaired) electrons. The molecule has 0 aromatic carbocycles. The largest absolute Gasteiger partial charge is 0.370 e. The number of rotatable bonds is 5. The lowest BCUT2D eigenvalue weighted by atomic mass is 10.0. The summed E-state index contributed by atoms with van der Waals surface area (Å²) in [5, 5.41) is 2.60. The van der Waals surface area contributed by atoms with E-state index in [1.165, 1.54) is 0 Å². The van der Waals surface area contributed by atoms with Gasteiger partial charge in [-0.3, -0.25) is 14.5 Å². The van der Waals surface area contributed by atoms with Gasteiger partial charge in [-0.25, -0.2) is 9.97 Å². The lowest BCUT2D eigenvalue weighted by Gasteiger charge is -2.37. The first kappa shape index (κ1) is 20.5. The number of carbonyl (C=O) groups excluding carboxylic acids is 1. The van der Waals surface area contributed by atoms with Crippen LogP contribution in [0.15, 0.2) is 29.3 Å². The highest BCUT2D eigenvalue weighted by atomic mass is 16.1. The molecule has 2 fully saturated rings. The Labute approximate surface area is 176 Å². The van der Waals surface area contributed by atoms with E-state index in [2.05, 4.69) is 30.1 Å². The van der Waals surface area contributed by atoms with Gasteiger partial charge in [0, 0.05) is 50.4 Å². The molecule has 2 N–H and O–H groups in total. The molecule has 0 spiro atoms. The zero-order valence-corrected chi connectivity index (χ0v) is 17.7. The average Bonchev–Trinajstić information content (AvgIpc) is 3.29. The Morgan fingerprint density at radius 2 is 1.97 bits per heavy atom. The Hall–Kier alpha value is -2.74. The number of hydrogen-bond donors (Lipinski definition) is 2. The first-order chi connectivity index (χ1) is 14.6. The van der Waals surface area contributed by atoms with E-state index < -0.39 is 0 Å². The molecular formula is C22H30N6O2. The second kappa shape index (κ2) is 8.95. The maximum atomic E-state index is 12.1. The van der Waals surface area contributed by atoms with E-state index in [-0.39, 0.29) is 11.5 Å². The van der Waals surface area contributed by atoms with Crippen molar-refractivity contribution in [3.63, 3.8) is 0 Å². The summed E-state index contributed by atoms with van der Waals surface area (Å²) in [7, 11) is 1.61. The highest BCUT2D eigenvalue weighted by Crippen LogP contribution is 2.30. The van der Waals surface area contributed by atoms with Crippen molar-refractivity contribution in [3.8, 4) is 0 Å². The molecule has 8 heteroatoms. The number of aromatic nitrogens is 3. The van der Waals surface area contributed by atoms with Gasteiger partial charge in [-0.2, -0.15) is 0 Å². The Morgan fingerprint density at radius 1 is 1.17 bits per heavy atom. The van der Waals surface area contributed by atoms with Crippen LogP contribution in [0.4, 0.5) is 5.69 Å². The summed E-state index contributed by atoms with van der Waals surface area (Å²) >= 11 is 0. The third-order valence-electron chi connectivity index (χ3n) is 6.43. The molecule has 2 aliphatic heterocycles. The zero-order valence-electron chi connectivity index (χ0n) is 17.7. The zero-order chi connectivity index (χ0) is 21.1. The normalized spacial score (nSPS) is 20.5. The van der Waals surface area contributed by atoms with Crippen LogP contribution in [0, 0.1) is 0 Å². The van der Waals surface area contributed by atoms with Crippen LogP contribution in [0.1, 0.15) is 54.0 Å². The van der Waals surface area contributed by atoms with Gasteiger partial charge >= 0.3 is 0 Å². The Morgan fingerprint density at radius 3 is 2.60 bits per heavy atom. The van der Waals surface area contributed by atoms with Gasteiger partial charge in [0.15, 0.2) is 0 Å². The monoisotopic (exact) mass is 410 g/mol. The van der Waals surface area contributed by atoms with Crippen molar-refractivity contribution >= 4 is 11.6 Å². The van der Waals surface area contributed by atoms with Gasteiger partial charge in [0.05, 0.1) is 11.9 Å². The van der Waals surface area contributed by atoms with Gasteiger partial charge in [-0.1, -0.05) is 6.92 Å². The number of nitrogens with zero attached hydrogens (tertiary/aromatic N) is 4. The molecule has 0 aliphatic carbocycles. The van der Waals surface area contributed by atoms with Crippen molar-refractivity contribution < 1.29 is 4.79 Å². The predicted octanol–water partition coefficient (Wildman–Crippen LogP) is 1.55. The van der Waals surface area contributed by atoms with E-state index >= 15 is 0 Å². The van der Waals surface area contributed by atoms with Gasteiger partial charge in [-0.15, -0.1) is 0 Å². The van der Waals surface area contributed by atoms with Crippen LogP contribution in [0.5, 0.6) is 0 Å². The van der Waals surface area contributed by atoms with Crippen LogP contribution in [-0.2, 0) is 6.42 Å². The van der Waals surface area contributed by atoms with Crippen molar-refractivity contribution in [1.29, 1.82) is 0 Å². The molecular weight excluding hydrogens is 380 g/mol. The van der Waals surface area contributed by atoms with Crippen LogP contribution in [0.2, 0.25) is 0 Å². The molecule has 1 unspecified atom stereocenters. The molecule has 0 bridgehead atoms. The molecule has 1 amide bonds. The number of nitrogens with one attached hydrogen (secondary N) is 2. The smallest absolute Gasteiger partial charge is 0.269 e. The second-order valence-electron chi connectivity index (χ2n) is 8.16. The van der Waals surface area contributed by atoms with Crippen LogP contribution >= 0.6 is 0 Å². The van der Waals surface area contributed by atoms with E-state index in [1.807, 2.05) is 13.0 Å². The topological polar surface area (TPSA) is 94.2 Å². The summed E-state index contributed by atoms with van der Waals surface area (Å²) in [5.41, 5.74) is 2.26. The van der Waals surface area contributed by atoms with E-state index in [0.29, 0.717) is 24.1 Å². The molecule has 30 heavy (non-hydrogen) atoms. The fraction of sp³-hybridized carbons (Fsp3) is 0.545. The first-order valence-electron chi connectivity index (χ1n) is 10.8. The number of carbonyl (C=O) groups is 1. The summed E-state index contributed by atoms with van der Waals surface area (Å²) in [5.74, 6) is 0.978. The van der Waals surface area contributed by atoms with Crippen LogP contribution in [0.25, 0.3) is 0 Å². The summed E-state index contributed by atoms with van der Waals surface area (Å²) in [4.78, 5) is 40.5.